The maximum Gasteiger partial charge on any atom is 0.238 e. The Hall–Kier alpha value is -1.97. The van der Waals surface area contributed by atoms with E-state index < -0.39 is 0 Å². The summed E-state index contributed by atoms with van der Waals surface area (Å²) >= 11 is 1.29. The Morgan fingerprint density at radius 1 is 1.62 bits per heavy atom. The number of nitrogens with one attached hydrogen (secondary N) is 1. The normalized spacial score (nSPS) is 10.0. The third-order valence-corrected chi connectivity index (χ3v) is 2.88. The second-order valence-electron chi connectivity index (χ2n) is 3.07. The molecule has 0 radical (unpaired) electrons. The molecule has 80 valence electrons. The van der Waals surface area contributed by atoms with Gasteiger partial charge in [0.25, 0.3) is 0 Å². The van der Waals surface area contributed by atoms with Crippen molar-refractivity contribution >= 4 is 33.1 Å². The first-order valence-corrected chi connectivity index (χ1v) is 5.35. The molecule has 0 aliphatic rings. The number of carbonyl (C=O) groups excluding carboxylic acids is 1. The van der Waals surface area contributed by atoms with E-state index in [1.54, 1.807) is 18.2 Å². The lowest BCUT2D eigenvalue weighted by Gasteiger charge is -2.02. The number of hydrogen-bond acceptors (Lipinski definition) is 5. The Labute approximate surface area is 95.5 Å². The standard InChI is InChI=1S/C10H8N4OS/c11-4-9(15)13-6-1-2-7-8(3-6)16-10(5-12)14-7/h1-3H,4,11H2,(H,13,15). The highest BCUT2D eigenvalue weighted by molar-refractivity contribution is 7.19. The van der Waals surface area contributed by atoms with Crippen LogP contribution < -0.4 is 11.1 Å². The quantitative estimate of drug-likeness (QED) is 0.810. The van der Waals surface area contributed by atoms with Crippen molar-refractivity contribution in [1.29, 1.82) is 5.26 Å². The molecule has 0 saturated carbocycles. The van der Waals surface area contributed by atoms with Crippen molar-refractivity contribution in [2.75, 3.05) is 11.9 Å². The number of hydrogen-bond donors (Lipinski definition) is 2. The molecule has 2 rings (SSSR count). The van der Waals surface area contributed by atoms with Crippen LogP contribution in [0, 0.1) is 11.3 Å². The number of nitriles is 1. The number of benzene rings is 1. The van der Waals surface area contributed by atoms with E-state index in [4.69, 9.17) is 11.0 Å². The van der Waals surface area contributed by atoms with Gasteiger partial charge in [0.2, 0.25) is 5.91 Å². The molecule has 1 aromatic carbocycles. The lowest BCUT2D eigenvalue weighted by atomic mass is 10.3. The fourth-order valence-corrected chi connectivity index (χ4v) is 2.06. The number of amides is 1. The minimum absolute atomic E-state index is 0.0514. The SMILES string of the molecule is N#Cc1nc2ccc(NC(=O)CN)cc2s1. The number of nitrogens with zero attached hydrogens (tertiary/aromatic N) is 2. The monoisotopic (exact) mass is 232 g/mol. The first kappa shape index (κ1) is 10.5. The Bertz CT molecular complexity index is 584. The summed E-state index contributed by atoms with van der Waals surface area (Å²) in [4.78, 5) is 15.2. The molecule has 1 heterocycles. The van der Waals surface area contributed by atoms with Crippen LogP contribution in [0.25, 0.3) is 10.2 Å². The van der Waals surface area contributed by atoms with Crippen LogP contribution in [0.5, 0.6) is 0 Å². The van der Waals surface area contributed by atoms with E-state index >= 15 is 0 Å². The van der Waals surface area contributed by atoms with Crippen LogP contribution in [-0.4, -0.2) is 17.4 Å². The van der Waals surface area contributed by atoms with Gasteiger partial charge in [-0.15, -0.1) is 11.3 Å². The average Bonchev–Trinajstić information content (AvgIpc) is 2.71. The maximum absolute atomic E-state index is 11.1. The van der Waals surface area contributed by atoms with Gasteiger partial charge in [-0.3, -0.25) is 4.79 Å². The van der Waals surface area contributed by atoms with Crippen LogP contribution in [0.2, 0.25) is 0 Å². The van der Waals surface area contributed by atoms with Crippen molar-refractivity contribution in [2.45, 2.75) is 0 Å². The van der Waals surface area contributed by atoms with E-state index in [0.717, 1.165) is 10.2 Å². The zero-order valence-corrected chi connectivity index (χ0v) is 9.04. The van der Waals surface area contributed by atoms with E-state index in [1.807, 2.05) is 6.07 Å². The summed E-state index contributed by atoms with van der Waals surface area (Å²) in [6, 6.07) is 7.26. The number of thiazole rings is 1. The van der Waals surface area contributed by atoms with Crippen molar-refractivity contribution in [3.8, 4) is 6.07 Å². The number of rotatable bonds is 2. The summed E-state index contributed by atoms with van der Waals surface area (Å²) in [5.41, 5.74) is 6.61. The van der Waals surface area contributed by atoms with Crippen LogP contribution in [0.3, 0.4) is 0 Å². The minimum Gasteiger partial charge on any atom is -0.325 e. The predicted octanol–water partition coefficient (Wildman–Crippen LogP) is 1.07. The van der Waals surface area contributed by atoms with Crippen LogP contribution >= 0.6 is 11.3 Å². The summed E-state index contributed by atoms with van der Waals surface area (Å²) in [5, 5.41) is 11.8. The molecule has 0 saturated heterocycles. The van der Waals surface area contributed by atoms with Crippen molar-refractivity contribution in [3.63, 3.8) is 0 Å². The summed E-state index contributed by atoms with van der Waals surface area (Å²) in [5.74, 6) is -0.246. The van der Waals surface area contributed by atoms with Gasteiger partial charge in [-0.1, -0.05) is 0 Å². The topological polar surface area (TPSA) is 91.8 Å². The van der Waals surface area contributed by atoms with Crippen molar-refractivity contribution < 1.29 is 4.79 Å². The summed E-state index contributed by atoms with van der Waals surface area (Å²) in [7, 11) is 0. The van der Waals surface area contributed by atoms with Crippen molar-refractivity contribution in [1.82, 2.24) is 4.98 Å². The van der Waals surface area contributed by atoms with Gasteiger partial charge in [0.15, 0.2) is 5.01 Å². The third kappa shape index (κ3) is 2.00. The number of fused-ring (bicyclic) bond motifs is 1. The Balaban J connectivity index is 2.36. The maximum atomic E-state index is 11.1. The van der Waals surface area contributed by atoms with Crippen LogP contribution in [0.1, 0.15) is 5.01 Å². The Kier molecular flexibility index (Phi) is 2.81. The predicted molar refractivity (Wildman–Crippen MR) is 62.0 cm³/mol. The second-order valence-corrected chi connectivity index (χ2v) is 4.10. The highest BCUT2D eigenvalue weighted by Gasteiger charge is 2.05. The molecule has 16 heavy (non-hydrogen) atoms. The largest absolute Gasteiger partial charge is 0.325 e. The first-order valence-electron chi connectivity index (χ1n) is 4.53. The number of aromatic nitrogens is 1. The fourth-order valence-electron chi connectivity index (χ4n) is 1.26. The minimum atomic E-state index is -0.246. The lowest BCUT2D eigenvalue weighted by molar-refractivity contribution is -0.114. The molecule has 2 aromatic rings. The zero-order chi connectivity index (χ0) is 11.5. The molecule has 0 aliphatic carbocycles. The molecule has 1 amide bonds. The number of carbonyl (C=O) groups is 1. The number of nitrogens with two attached hydrogens (primary N) is 1. The molecule has 0 spiro atoms. The second kappa shape index (κ2) is 4.26. The summed E-state index contributed by atoms with van der Waals surface area (Å²) in [6.07, 6.45) is 0. The molecule has 0 fully saturated rings. The number of anilines is 1. The molecule has 1 aromatic heterocycles. The third-order valence-electron chi connectivity index (χ3n) is 1.95. The Morgan fingerprint density at radius 2 is 2.44 bits per heavy atom. The van der Waals surface area contributed by atoms with Crippen molar-refractivity contribution in [2.24, 2.45) is 5.73 Å². The molecule has 0 atom stereocenters. The smallest absolute Gasteiger partial charge is 0.238 e. The molecule has 5 nitrogen and oxygen atoms in total. The van der Waals surface area contributed by atoms with E-state index in [9.17, 15) is 4.79 Å². The van der Waals surface area contributed by atoms with Crippen LogP contribution in [0.4, 0.5) is 5.69 Å². The highest BCUT2D eigenvalue weighted by Crippen LogP contribution is 2.24. The zero-order valence-electron chi connectivity index (χ0n) is 8.23. The molecular formula is C10H8N4OS. The molecule has 3 N–H and O–H groups in total. The van der Waals surface area contributed by atoms with Gasteiger partial charge in [-0.2, -0.15) is 5.26 Å². The van der Waals surface area contributed by atoms with Gasteiger partial charge in [-0.25, -0.2) is 4.98 Å². The summed E-state index contributed by atoms with van der Waals surface area (Å²) < 4.78 is 0.867. The van der Waals surface area contributed by atoms with Gasteiger partial charge < -0.3 is 11.1 Å². The van der Waals surface area contributed by atoms with Gasteiger partial charge in [-0.05, 0) is 18.2 Å². The van der Waals surface area contributed by atoms with Gasteiger partial charge >= 0.3 is 0 Å². The van der Waals surface area contributed by atoms with Gasteiger partial charge in [0.1, 0.15) is 6.07 Å². The highest BCUT2D eigenvalue weighted by atomic mass is 32.1. The Morgan fingerprint density at radius 3 is 3.12 bits per heavy atom. The van der Waals surface area contributed by atoms with Crippen LogP contribution in [-0.2, 0) is 4.79 Å². The molecule has 0 unspecified atom stereocenters. The molecule has 0 bridgehead atoms. The van der Waals surface area contributed by atoms with Gasteiger partial charge in [0.05, 0.1) is 16.8 Å². The molecule has 0 aliphatic heterocycles. The fraction of sp³-hybridized carbons (Fsp3) is 0.100. The van der Waals surface area contributed by atoms with E-state index in [2.05, 4.69) is 10.3 Å². The van der Waals surface area contributed by atoms with Crippen LogP contribution in [0.15, 0.2) is 18.2 Å². The summed E-state index contributed by atoms with van der Waals surface area (Å²) in [6.45, 7) is -0.0514. The van der Waals surface area contributed by atoms with Crippen molar-refractivity contribution in [3.05, 3.63) is 23.2 Å². The van der Waals surface area contributed by atoms with Gasteiger partial charge in [0, 0.05) is 5.69 Å². The van der Waals surface area contributed by atoms with E-state index in [0.29, 0.717) is 10.7 Å². The molecule has 6 heteroatoms. The average molecular weight is 232 g/mol. The van der Waals surface area contributed by atoms with E-state index in [1.165, 1.54) is 11.3 Å². The molecular weight excluding hydrogens is 224 g/mol. The lowest BCUT2D eigenvalue weighted by Crippen LogP contribution is -2.21. The first-order chi connectivity index (χ1) is 7.72. The van der Waals surface area contributed by atoms with E-state index in [-0.39, 0.29) is 12.5 Å².